The molecule has 0 aliphatic heterocycles. The van der Waals surface area contributed by atoms with Gasteiger partial charge in [-0.25, -0.2) is 13.1 Å². The average Bonchev–Trinajstić information content (AvgIpc) is 2.90. The second-order valence-corrected chi connectivity index (χ2v) is 11.1. The molecule has 4 amide bonds. The van der Waals surface area contributed by atoms with Crippen molar-refractivity contribution < 1.29 is 27.6 Å². The van der Waals surface area contributed by atoms with Crippen LogP contribution in [0.5, 0.6) is 0 Å². The van der Waals surface area contributed by atoms with E-state index in [4.69, 9.17) is 22.9 Å². The Morgan fingerprint density at radius 1 is 0.902 bits per heavy atom. The summed E-state index contributed by atoms with van der Waals surface area (Å²) in [5.41, 5.74) is 21.9. The van der Waals surface area contributed by atoms with Crippen molar-refractivity contribution >= 4 is 56.1 Å². The quantitative estimate of drug-likeness (QED) is 0.0643. The normalized spacial score (nSPS) is 12.6. The number of primary amides is 2. The van der Waals surface area contributed by atoms with Crippen LogP contribution in [0.2, 0.25) is 0 Å². The summed E-state index contributed by atoms with van der Waals surface area (Å²) in [6.45, 7) is -0.513. The van der Waals surface area contributed by atoms with Crippen LogP contribution in [0.25, 0.3) is 10.8 Å². The first-order valence-electron chi connectivity index (χ1n) is 12.6. The van der Waals surface area contributed by atoms with Crippen LogP contribution < -0.4 is 43.2 Å². The number of sulfonamides is 1. The lowest BCUT2D eigenvalue weighted by Gasteiger charge is -2.22. The maximum Gasteiger partial charge on any atom is 0.243 e. The van der Waals surface area contributed by atoms with Gasteiger partial charge in [0.15, 0.2) is 5.96 Å². The zero-order valence-electron chi connectivity index (χ0n) is 22.9. The average molecular weight is 592 g/mol. The molecule has 2 aromatic carbocycles. The van der Waals surface area contributed by atoms with Crippen molar-refractivity contribution in [1.82, 2.24) is 15.4 Å². The fourth-order valence-electron chi connectivity index (χ4n) is 3.99. The molecule has 11 N–H and O–H groups in total. The Bertz CT molecular complexity index is 1410. The lowest BCUT2D eigenvalue weighted by atomic mass is 10.1. The van der Waals surface area contributed by atoms with Gasteiger partial charge in [-0.3, -0.25) is 24.2 Å². The van der Waals surface area contributed by atoms with Crippen molar-refractivity contribution in [3.8, 4) is 0 Å². The minimum atomic E-state index is -4.15. The molecule has 0 unspecified atom stereocenters. The summed E-state index contributed by atoms with van der Waals surface area (Å²) in [6, 6.07) is 7.63. The number of amides is 4. The fraction of sp³-hybridized carbons (Fsp3) is 0.400. The number of rotatable bonds is 16. The first-order chi connectivity index (χ1) is 19.2. The first kappa shape index (κ1) is 32.8. The second-order valence-electron chi connectivity index (χ2n) is 9.38. The van der Waals surface area contributed by atoms with Crippen molar-refractivity contribution in [2.45, 2.75) is 42.7 Å². The van der Waals surface area contributed by atoms with E-state index in [1.165, 1.54) is 6.07 Å². The summed E-state index contributed by atoms with van der Waals surface area (Å²) in [5, 5.41) is 5.98. The van der Waals surface area contributed by atoms with Crippen LogP contribution in [0, 0.1) is 0 Å². The highest BCUT2D eigenvalue weighted by Gasteiger charge is 2.27. The van der Waals surface area contributed by atoms with Gasteiger partial charge >= 0.3 is 0 Å². The van der Waals surface area contributed by atoms with E-state index in [-0.39, 0.29) is 36.7 Å². The largest absolute Gasteiger partial charge is 0.377 e. The Hall–Kier alpha value is -4.44. The summed E-state index contributed by atoms with van der Waals surface area (Å²) < 4.78 is 28.5. The molecule has 2 aromatic rings. The molecule has 0 saturated heterocycles. The number of fused-ring (bicyclic) bond motifs is 1. The van der Waals surface area contributed by atoms with Crippen LogP contribution in [0.15, 0.2) is 46.3 Å². The topological polar surface area (TPSA) is 258 Å². The van der Waals surface area contributed by atoms with Gasteiger partial charge in [0.05, 0.1) is 11.4 Å². The predicted octanol–water partition coefficient (Wildman–Crippen LogP) is -2.04. The lowest BCUT2D eigenvalue weighted by molar-refractivity contribution is -0.131. The number of carbonyl (C=O) groups excluding carboxylic acids is 4. The molecule has 2 atom stereocenters. The van der Waals surface area contributed by atoms with Gasteiger partial charge in [-0.1, -0.05) is 24.3 Å². The Balaban J connectivity index is 2.13. The van der Waals surface area contributed by atoms with E-state index in [0.29, 0.717) is 17.2 Å². The first-order valence-corrected chi connectivity index (χ1v) is 14.1. The SMILES string of the molecule is CN(C)c1cccc2c(S(=O)(=O)NCC(=O)N[C@@H](CCC(N)=O)C(=O)N[C@@H](CCCN=C(N)N)C(N)=O)cccc12. The molecular weight excluding hydrogens is 554 g/mol. The molecule has 0 aliphatic rings. The van der Waals surface area contributed by atoms with E-state index in [0.717, 1.165) is 5.69 Å². The van der Waals surface area contributed by atoms with E-state index < -0.39 is 52.3 Å². The minimum absolute atomic E-state index is 0.0282. The number of aliphatic imine (C=N–C) groups is 1. The number of nitrogens with two attached hydrogens (primary N) is 4. The van der Waals surface area contributed by atoms with Gasteiger partial charge in [-0.2, -0.15) is 0 Å². The molecule has 15 nitrogen and oxygen atoms in total. The zero-order chi connectivity index (χ0) is 30.7. The van der Waals surface area contributed by atoms with Crippen LogP contribution in [-0.4, -0.2) is 77.3 Å². The Labute approximate surface area is 238 Å². The zero-order valence-corrected chi connectivity index (χ0v) is 23.7. The van der Waals surface area contributed by atoms with Crippen LogP contribution in [0.1, 0.15) is 25.7 Å². The molecule has 0 aromatic heterocycles. The monoisotopic (exact) mass is 591 g/mol. The maximum atomic E-state index is 13.1. The summed E-state index contributed by atoms with van der Waals surface area (Å²) in [4.78, 5) is 54.4. The van der Waals surface area contributed by atoms with Crippen molar-refractivity contribution in [3.63, 3.8) is 0 Å². The Kier molecular flexibility index (Phi) is 11.8. The standard InChI is InChI=1S/C25H37N9O6S/c1-34(2)19-9-3-7-16-15(19)6-4-10-20(16)41(39,40)31-14-22(36)32-18(11-12-21(26)35)24(38)33-17(23(27)37)8-5-13-30-25(28)29/h3-4,6-7,9-10,17-18,31H,5,8,11-14H2,1-2H3,(H2,26,35)(H2,27,37)(H,32,36)(H,33,38)(H4,28,29,30)/t17-,18-/m0/s1. The third kappa shape index (κ3) is 9.91. The number of carbonyl (C=O) groups is 4. The predicted molar refractivity (Wildman–Crippen MR) is 155 cm³/mol. The van der Waals surface area contributed by atoms with E-state index in [1.807, 2.05) is 25.1 Å². The van der Waals surface area contributed by atoms with Gasteiger partial charge in [0.1, 0.15) is 12.1 Å². The Morgan fingerprint density at radius 2 is 1.56 bits per heavy atom. The summed E-state index contributed by atoms with van der Waals surface area (Å²) in [7, 11) is -0.479. The summed E-state index contributed by atoms with van der Waals surface area (Å²) in [5.74, 6) is -3.35. The highest BCUT2D eigenvalue weighted by Crippen LogP contribution is 2.30. The summed E-state index contributed by atoms with van der Waals surface area (Å²) in [6.07, 6.45) is -0.0411. The summed E-state index contributed by atoms with van der Waals surface area (Å²) >= 11 is 0. The van der Waals surface area contributed by atoms with E-state index in [2.05, 4.69) is 20.3 Å². The van der Waals surface area contributed by atoms with Crippen molar-refractivity contribution in [2.24, 2.45) is 27.9 Å². The number of benzene rings is 2. The third-order valence-corrected chi connectivity index (χ3v) is 7.45. The molecule has 0 spiro atoms. The van der Waals surface area contributed by atoms with Crippen LogP contribution in [0.3, 0.4) is 0 Å². The van der Waals surface area contributed by atoms with Gasteiger partial charge in [0.2, 0.25) is 33.7 Å². The molecule has 0 saturated carbocycles. The van der Waals surface area contributed by atoms with Crippen LogP contribution in [-0.2, 0) is 29.2 Å². The van der Waals surface area contributed by atoms with Gasteiger partial charge in [0.25, 0.3) is 0 Å². The fourth-order valence-corrected chi connectivity index (χ4v) is 5.19. The third-order valence-electron chi connectivity index (χ3n) is 5.99. The molecule has 0 bridgehead atoms. The molecule has 2 rings (SSSR count). The van der Waals surface area contributed by atoms with Gasteiger partial charge in [-0.05, 0) is 31.4 Å². The number of guanidine groups is 1. The van der Waals surface area contributed by atoms with E-state index in [1.54, 1.807) is 24.3 Å². The lowest BCUT2D eigenvalue weighted by Crippen LogP contribution is -2.54. The molecule has 224 valence electrons. The van der Waals surface area contributed by atoms with E-state index in [9.17, 15) is 27.6 Å². The number of nitrogens with zero attached hydrogens (tertiary/aromatic N) is 2. The molecule has 0 heterocycles. The number of hydrogen-bond acceptors (Lipinski definition) is 8. The number of hydrogen-bond donors (Lipinski definition) is 7. The number of anilines is 1. The Morgan fingerprint density at radius 3 is 2.17 bits per heavy atom. The molecular formula is C25H37N9O6S. The van der Waals surface area contributed by atoms with Crippen molar-refractivity contribution in [3.05, 3.63) is 36.4 Å². The van der Waals surface area contributed by atoms with Crippen LogP contribution in [0.4, 0.5) is 5.69 Å². The van der Waals surface area contributed by atoms with Crippen LogP contribution >= 0.6 is 0 Å². The van der Waals surface area contributed by atoms with Crippen molar-refractivity contribution in [1.29, 1.82) is 0 Å². The molecule has 0 fully saturated rings. The maximum absolute atomic E-state index is 13.1. The molecule has 41 heavy (non-hydrogen) atoms. The molecule has 0 radical (unpaired) electrons. The molecule has 16 heteroatoms. The highest BCUT2D eigenvalue weighted by molar-refractivity contribution is 7.89. The second kappa shape index (κ2) is 14.8. The number of nitrogens with one attached hydrogen (secondary N) is 3. The van der Waals surface area contributed by atoms with Gasteiger partial charge < -0.3 is 38.5 Å². The van der Waals surface area contributed by atoms with Gasteiger partial charge in [0, 0.05) is 43.5 Å². The molecule has 0 aliphatic carbocycles. The van der Waals surface area contributed by atoms with Gasteiger partial charge in [-0.15, -0.1) is 0 Å². The highest BCUT2D eigenvalue weighted by atomic mass is 32.2. The van der Waals surface area contributed by atoms with Crippen molar-refractivity contribution in [2.75, 3.05) is 32.1 Å². The minimum Gasteiger partial charge on any atom is -0.377 e. The smallest absolute Gasteiger partial charge is 0.243 e. The van der Waals surface area contributed by atoms with E-state index >= 15 is 0 Å².